The van der Waals surface area contributed by atoms with Crippen LogP contribution < -0.4 is 0 Å². The number of hydrogen-bond acceptors (Lipinski definition) is 3. The van der Waals surface area contributed by atoms with Crippen LogP contribution in [0.15, 0.2) is 30.6 Å². The number of hydrogen-bond donors (Lipinski definition) is 1. The predicted molar refractivity (Wildman–Crippen MR) is 70.5 cm³/mol. The van der Waals surface area contributed by atoms with E-state index in [1.165, 1.54) is 0 Å². The molecule has 18 heavy (non-hydrogen) atoms. The molecule has 0 saturated heterocycles. The Morgan fingerprint density at radius 3 is 2.78 bits per heavy atom. The molecule has 0 aliphatic carbocycles. The zero-order chi connectivity index (χ0) is 13.1. The lowest BCUT2D eigenvalue weighted by Crippen LogP contribution is -2.13. The lowest BCUT2D eigenvalue weighted by Gasteiger charge is -2.16. The monoisotopic (exact) mass is 265 g/mol. The van der Waals surface area contributed by atoms with Crippen LogP contribution in [0.1, 0.15) is 37.4 Å². The van der Waals surface area contributed by atoms with Gasteiger partial charge in [0, 0.05) is 24.4 Å². The van der Waals surface area contributed by atoms with Crippen LogP contribution in [-0.2, 0) is 6.42 Å². The number of rotatable bonds is 4. The van der Waals surface area contributed by atoms with Gasteiger partial charge in [0.15, 0.2) is 0 Å². The van der Waals surface area contributed by atoms with Crippen molar-refractivity contribution in [3.8, 4) is 0 Å². The molecule has 1 atom stereocenters. The maximum absolute atomic E-state index is 10.3. The number of aromatic nitrogens is 3. The van der Waals surface area contributed by atoms with Gasteiger partial charge in [-0.3, -0.25) is 9.67 Å². The van der Waals surface area contributed by atoms with Crippen LogP contribution in [0.25, 0.3) is 0 Å². The third-order valence-electron chi connectivity index (χ3n) is 2.72. The van der Waals surface area contributed by atoms with E-state index in [4.69, 9.17) is 11.6 Å². The normalized spacial score (nSPS) is 12.9. The quantitative estimate of drug-likeness (QED) is 0.925. The molecule has 2 rings (SSSR count). The van der Waals surface area contributed by atoms with Gasteiger partial charge in [0.1, 0.15) is 6.10 Å². The number of aliphatic hydroxyl groups excluding tert-OH is 1. The van der Waals surface area contributed by atoms with Crippen molar-refractivity contribution in [2.75, 3.05) is 0 Å². The highest BCUT2D eigenvalue weighted by molar-refractivity contribution is 6.31. The van der Waals surface area contributed by atoms with Gasteiger partial charge in [-0.2, -0.15) is 5.10 Å². The van der Waals surface area contributed by atoms with E-state index in [2.05, 4.69) is 10.1 Å². The molecule has 0 fully saturated rings. The molecule has 0 bridgehead atoms. The summed E-state index contributed by atoms with van der Waals surface area (Å²) in [5, 5.41) is 15.0. The van der Waals surface area contributed by atoms with Crippen LogP contribution in [0, 0.1) is 0 Å². The second-order valence-electron chi connectivity index (χ2n) is 4.46. The first-order valence-electron chi connectivity index (χ1n) is 5.90. The molecular formula is C13H16ClN3O. The lowest BCUT2D eigenvalue weighted by molar-refractivity contribution is 0.163. The van der Waals surface area contributed by atoms with Crippen molar-refractivity contribution in [3.05, 3.63) is 47.0 Å². The van der Waals surface area contributed by atoms with E-state index in [1.807, 2.05) is 32.0 Å². The van der Waals surface area contributed by atoms with Gasteiger partial charge in [0.05, 0.1) is 16.9 Å². The Balaban J connectivity index is 2.23. The largest absolute Gasteiger partial charge is 0.386 e. The van der Waals surface area contributed by atoms with E-state index in [9.17, 15) is 5.11 Å². The standard InChI is InChI=1S/C13H16ClN3O/c1-9(2)17-13(11(14)8-16-17)12(18)7-10-5-3-4-6-15-10/h3-6,8-9,12,18H,7H2,1-2H3. The Labute approximate surface area is 111 Å². The van der Waals surface area contributed by atoms with Gasteiger partial charge >= 0.3 is 0 Å². The summed E-state index contributed by atoms with van der Waals surface area (Å²) in [6, 6.07) is 5.79. The molecule has 1 unspecified atom stereocenters. The Kier molecular flexibility index (Phi) is 3.99. The van der Waals surface area contributed by atoms with E-state index >= 15 is 0 Å². The van der Waals surface area contributed by atoms with Gasteiger partial charge in [-0.05, 0) is 26.0 Å². The maximum atomic E-state index is 10.3. The fourth-order valence-electron chi connectivity index (χ4n) is 1.89. The number of halogens is 1. The number of pyridine rings is 1. The van der Waals surface area contributed by atoms with Crippen molar-refractivity contribution in [2.24, 2.45) is 0 Å². The Bertz CT molecular complexity index is 510. The molecule has 0 saturated carbocycles. The molecule has 0 aromatic carbocycles. The van der Waals surface area contributed by atoms with Crippen LogP contribution >= 0.6 is 11.6 Å². The van der Waals surface area contributed by atoms with Gasteiger partial charge in [-0.15, -0.1) is 0 Å². The lowest BCUT2D eigenvalue weighted by atomic mass is 10.1. The third kappa shape index (κ3) is 2.71. The topological polar surface area (TPSA) is 50.9 Å². The molecule has 1 N–H and O–H groups in total. The minimum atomic E-state index is -0.697. The summed E-state index contributed by atoms with van der Waals surface area (Å²) < 4.78 is 1.75. The summed E-state index contributed by atoms with van der Waals surface area (Å²) in [5.41, 5.74) is 1.48. The van der Waals surface area contributed by atoms with Crippen LogP contribution in [-0.4, -0.2) is 19.9 Å². The molecule has 0 radical (unpaired) electrons. The minimum absolute atomic E-state index is 0.158. The molecule has 0 aliphatic heterocycles. The summed E-state index contributed by atoms with van der Waals surface area (Å²) >= 11 is 6.09. The second-order valence-corrected chi connectivity index (χ2v) is 4.86. The Morgan fingerprint density at radius 1 is 1.39 bits per heavy atom. The fourth-order valence-corrected chi connectivity index (χ4v) is 2.14. The zero-order valence-corrected chi connectivity index (χ0v) is 11.2. The van der Waals surface area contributed by atoms with Crippen LogP contribution in [0.4, 0.5) is 0 Å². The Morgan fingerprint density at radius 2 is 2.17 bits per heavy atom. The average molecular weight is 266 g/mol. The highest BCUT2D eigenvalue weighted by Gasteiger charge is 2.20. The summed E-state index contributed by atoms with van der Waals surface area (Å²) in [4.78, 5) is 4.20. The first kappa shape index (κ1) is 13.1. The zero-order valence-electron chi connectivity index (χ0n) is 10.4. The second kappa shape index (κ2) is 5.50. The molecule has 2 aromatic heterocycles. The van der Waals surface area contributed by atoms with Crippen molar-refractivity contribution in [1.29, 1.82) is 0 Å². The predicted octanol–water partition coefficient (Wildman–Crippen LogP) is 2.79. The van der Waals surface area contributed by atoms with Crippen molar-refractivity contribution < 1.29 is 5.11 Å². The van der Waals surface area contributed by atoms with E-state index in [0.717, 1.165) is 5.69 Å². The van der Waals surface area contributed by atoms with Crippen molar-refractivity contribution in [3.63, 3.8) is 0 Å². The summed E-state index contributed by atoms with van der Waals surface area (Å²) in [7, 11) is 0. The highest BCUT2D eigenvalue weighted by atomic mass is 35.5. The van der Waals surface area contributed by atoms with Crippen molar-refractivity contribution in [2.45, 2.75) is 32.4 Å². The molecule has 96 valence electrons. The molecule has 0 amide bonds. The molecular weight excluding hydrogens is 250 g/mol. The number of aliphatic hydroxyl groups is 1. The molecule has 0 spiro atoms. The van der Waals surface area contributed by atoms with Crippen LogP contribution in [0.5, 0.6) is 0 Å². The van der Waals surface area contributed by atoms with Gasteiger partial charge in [-0.25, -0.2) is 0 Å². The van der Waals surface area contributed by atoms with E-state index in [-0.39, 0.29) is 6.04 Å². The molecule has 0 aliphatic rings. The summed E-state index contributed by atoms with van der Waals surface area (Å²) in [5.74, 6) is 0. The summed E-state index contributed by atoms with van der Waals surface area (Å²) in [6.07, 6.45) is 3.01. The molecule has 5 heteroatoms. The molecule has 4 nitrogen and oxygen atoms in total. The van der Waals surface area contributed by atoms with Gasteiger partial charge in [-0.1, -0.05) is 17.7 Å². The SMILES string of the molecule is CC(C)n1ncc(Cl)c1C(O)Cc1ccccn1. The highest BCUT2D eigenvalue weighted by Crippen LogP contribution is 2.27. The number of nitrogens with zero attached hydrogens (tertiary/aromatic N) is 3. The van der Waals surface area contributed by atoms with E-state index < -0.39 is 6.10 Å². The smallest absolute Gasteiger partial charge is 0.103 e. The van der Waals surface area contributed by atoms with Crippen LogP contribution in [0.3, 0.4) is 0 Å². The van der Waals surface area contributed by atoms with Crippen LogP contribution in [0.2, 0.25) is 5.02 Å². The molecule has 2 heterocycles. The van der Waals surface area contributed by atoms with Gasteiger partial charge in [0.2, 0.25) is 0 Å². The fraction of sp³-hybridized carbons (Fsp3) is 0.385. The first-order chi connectivity index (χ1) is 8.59. The van der Waals surface area contributed by atoms with Gasteiger partial charge < -0.3 is 5.11 Å². The van der Waals surface area contributed by atoms with Gasteiger partial charge in [0.25, 0.3) is 0 Å². The Hall–Kier alpha value is -1.39. The third-order valence-corrected chi connectivity index (χ3v) is 3.01. The molecule has 2 aromatic rings. The average Bonchev–Trinajstić information content (AvgIpc) is 2.72. The van der Waals surface area contributed by atoms with Crippen molar-refractivity contribution in [1.82, 2.24) is 14.8 Å². The minimum Gasteiger partial charge on any atom is -0.386 e. The maximum Gasteiger partial charge on any atom is 0.103 e. The van der Waals surface area contributed by atoms with Crippen molar-refractivity contribution >= 4 is 11.6 Å². The van der Waals surface area contributed by atoms with E-state index in [0.29, 0.717) is 17.1 Å². The summed E-state index contributed by atoms with van der Waals surface area (Å²) in [6.45, 7) is 4.00. The van der Waals surface area contributed by atoms with E-state index in [1.54, 1.807) is 17.1 Å². The first-order valence-corrected chi connectivity index (χ1v) is 6.28.